The monoisotopic (exact) mass is 861 g/mol. The average molecular weight is 861 g/mol. The van der Waals surface area contributed by atoms with Gasteiger partial charge in [-0.15, -0.1) is 0 Å². The Balaban J connectivity index is 1.42. The van der Waals surface area contributed by atoms with Crippen molar-refractivity contribution in [1.29, 1.82) is 0 Å². The fourth-order valence-corrected chi connectivity index (χ4v) is 9.72. The van der Waals surface area contributed by atoms with Crippen molar-refractivity contribution in [3.8, 4) is 11.5 Å². The van der Waals surface area contributed by atoms with Crippen LogP contribution in [0.2, 0.25) is 0 Å². The quantitative estimate of drug-likeness (QED) is 0.0389. The molecule has 0 bridgehead atoms. The summed E-state index contributed by atoms with van der Waals surface area (Å²) in [7, 11) is 0. The zero-order chi connectivity index (χ0) is 44.6. The van der Waals surface area contributed by atoms with Gasteiger partial charge in [-0.2, -0.15) is 0 Å². The Hall–Kier alpha value is -3.68. The number of esters is 4. The summed E-state index contributed by atoms with van der Waals surface area (Å²) in [6.07, 6.45) is 36.3. The molecule has 3 rings (SSSR count). The molecular weight excluding hydrogens is 777 g/mol. The standard InChI is InChI=1S/C54H84O8/c1-5-7-9-11-17-23-29-51-45(27-21-10-8-6-2)31-32-46(28-22-16-12-14-19-25-41-59-53(57)47-33-37-49(38-34-47)61-43(3)55)52(51)30-24-18-13-15-20-26-42-60-54(58)48-35-39-50(40-36-48)62-44(4)56/h33-40,45-46,51-52H,5-32,41-42H2,1-4H3/t45-,46+,51+,52-/m0/s1. The van der Waals surface area contributed by atoms with Crippen molar-refractivity contribution < 1.29 is 38.1 Å². The third kappa shape index (κ3) is 22.6. The summed E-state index contributed by atoms with van der Waals surface area (Å²) in [4.78, 5) is 47.2. The largest absolute Gasteiger partial charge is 0.462 e. The van der Waals surface area contributed by atoms with E-state index in [2.05, 4.69) is 13.8 Å². The van der Waals surface area contributed by atoms with Crippen molar-refractivity contribution in [3.05, 3.63) is 59.7 Å². The highest BCUT2D eigenvalue weighted by molar-refractivity contribution is 5.90. The molecule has 0 aromatic heterocycles. The van der Waals surface area contributed by atoms with Crippen molar-refractivity contribution in [2.24, 2.45) is 23.7 Å². The molecule has 0 aliphatic heterocycles. The Kier molecular flexibility index (Phi) is 28.0. The zero-order valence-corrected chi connectivity index (χ0v) is 39.4. The van der Waals surface area contributed by atoms with Crippen LogP contribution < -0.4 is 9.47 Å². The highest BCUT2D eigenvalue weighted by Gasteiger charge is 2.37. The molecule has 2 aromatic carbocycles. The molecule has 2 aromatic rings. The van der Waals surface area contributed by atoms with Gasteiger partial charge in [0, 0.05) is 13.8 Å². The van der Waals surface area contributed by atoms with Crippen molar-refractivity contribution >= 4 is 23.9 Å². The van der Waals surface area contributed by atoms with Gasteiger partial charge in [0.05, 0.1) is 24.3 Å². The van der Waals surface area contributed by atoms with Crippen molar-refractivity contribution in [2.75, 3.05) is 13.2 Å². The lowest BCUT2D eigenvalue weighted by Gasteiger charge is -2.44. The van der Waals surface area contributed by atoms with Crippen LogP contribution in [0.3, 0.4) is 0 Å². The number of ether oxygens (including phenoxy) is 4. The predicted octanol–water partition coefficient (Wildman–Crippen LogP) is 15.0. The number of hydrogen-bond acceptors (Lipinski definition) is 8. The van der Waals surface area contributed by atoms with E-state index in [9.17, 15) is 19.2 Å². The molecule has 8 heteroatoms. The SMILES string of the molecule is CCCCCCCC[C@@H]1[C@@H](CCCCCC)CC[C@@H](CCCCCCCCOC(=O)c2ccc(OC(C)=O)cc2)[C@@H]1CCCCCCCCOC(=O)c1ccc(OC(C)=O)cc1. The maximum Gasteiger partial charge on any atom is 0.338 e. The molecule has 1 fully saturated rings. The first-order chi connectivity index (χ1) is 30.2. The summed E-state index contributed by atoms with van der Waals surface area (Å²) in [5, 5.41) is 0. The van der Waals surface area contributed by atoms with Crippen LogP contribution in [-0.2, 0) is 19.1 Å². The second-order valence-corrected chi connectivity index (χ2v) is 18.2. The van der Waals surface area contributed by atoms with Crippen LogP contribution in [0.15, 0.2) is 48.5 Å². The first kappa shape index (κ1) is 52.7. The summed E-state index contributed by atoms with van der Waals surface area (Å²) in [5.41, 5.74) is 0.938. The van der Waals surface area contributed by atoms with E-state index in [1.165, 1.54) is 168 Å². The van der Waals surface area contributed by atoms with E-state index in [1.807, 2.05) is 0 Å². The maximum absolute atomic E-state index is 12.5. The van der Waals surface area contributed by atoms with Gasteiger partial charge in [-0.25, -0.2) is 9.59 Å². The van der Waals surface area contributed by atoms with Gasteiger partial charge in [0.15, 0.2) is 0 Å². The number of carbonyl (C=O) groups excluding carboxylic acids is 4. The number of benzene rings is 2. The van der Waals surface area contributed by atoms with Crippen LogP contribution >= 0.6 is 0 Å². The lowest BCUT2D eigenvalue weighted by atomic mass is 9.61. The molecule has 348 valence electrons. The van der Waals surface area contributed by atoms with E-state index in [4.69, 9.17) is 18.9 Å². The van der Waals surface area contributed by atoms with Crippen LogP contribution in [0, 0.1) is 23.7 Å². The molecule has 0 saturated heterocycles. The molecule has 0 heterocycles. The fourth-order valence-electron chi connectivity index (χ4n) is 9.72. The van der Waals surface area contributed by atoms with Gasteiger partial charge in [0.2, 0.25) is 0 Å². The average Bonchev–Trinajstić information content (AvgIpc) is 3.25. The number of unbranched alkanes of at least 4 members (excludes halogenated alkanes) is 18. The van der Waals surface area contributed by atoms with Crippen LogP contribution in [-0.4, -0.2) is 37.1 Å². The summed E-state index contributed by atoms with van der Waals surface area (Å²) in [6.45, 7) is 8.21. The lowest BCUT2D eigenvalue weighted by Crippen LogP contribution is -2.35. The summed E-state index contributed by atoms with van der Waals surface area (Å²) < 4.78 is 21.1. The zero-order valence-electron chi connectivity index (χ0n) is 39.4. The minimum atomic E-state index is -0.385. The smallest absolute Gasteiger partial charge is 0.338 e. The van der Waals surface area contributed by atoms with E-state index in [0.29, 0.717) is 35.8 Å². The molecule has 0 N–H and O–H groups in total. The molecule has 1 saturated carbocycles. The Morgan fingerprint density at radius 1 is 0.419 bits per heavy atom. The van der Waals surface area contributed by atoms with Crippen LogP contribution in [0.4, 0.5) is 0 Å². The summed E-state index contributed by atoms with van der Waals surface area (Å²) in [6, 6.07) is 13.0. The summed E-state index contributed by atoms with van der Waals surface area (Å²) in [5.74, 6) is 2.94. The minimum absolute atomic E-state index is 0.333. The Morgan fingerprint density at radius 3 is 1.08 bits per heavy atom. The third-order valence-electron chi connectivity index (χ3n) is 13.1. The Labute approximate surface area is 376 Å². The van der Waals surface area contributed by atoms with Crippen molar-refractivity contribution in [2.45, 2.75) is 207 Å². The van der Waals surface area contributed by atoms with E-state index in [1.54, 1.807) is 48.5 Å². The number of carbonyl (C=O) groups is 4. The predicted molar refractivity (Wildman–Crippen MR) is 251 cm³/mol. The first-order valence-corrected chi connectivity index (χ1v) is 25.1. The molecular formula is C54H84O8. The molecule has 0 amide bonds. The Morgan fingerprint density at radius 2 is 0.726 bits per heavy atom. The lowest BCUT2D eigenvalue weighted by molar-refractivity contribution is -0.132. The van der Waals surface area contributed by atoms with E-state index < -0.39 is 0 Å². The van der Waals surface area contributed by atoms with Gasteiger partial charge in [0.1, 0.15) is 11.5 Å². The minimum Gasteiger partial charge on any atom is -0.462 e. The number of hydrogen-bond donors (Lipinski definition) is 0. The van der Waals surface area contributed by atoms with Gasteiger partial charge >= 0.3 is 23.9 Å². The Bertz CT molecular complexity index is 1500. The van der Waals surface area contributed by atoms with Gasteiger partial charge in [-0.3, -0.25) is 9.59 Å². The van der Waals surface area contributed by atoms with Gasteiger partial charge in [0.25, 0.3) is 0 Å². The molecule has 4 atom stereocenters. The molecule has 0 unspecified atom stereocenters. The molecule has 0 spiro atoms. The third-order valence-corrected chi connectivity index (χ3v) is 13.1. The second kappa shape index (κ2) is 32.9. The maximum atomic E-state index is 12.5. The van der Waals surface area contributed by atoms with Crippen molar-refractivity contribution in [3.63, 3.8) is 0 Å². The highest BCUT2D eigenvalue weighted by Crippen LogP contribution is 2.48. The highest BCUT2D eigenvalue weighted by atomic mass is 16.5. The molecule has 8 nitrogen and oxygen atoms in total. The molecule has 0 radical (unpaired) electrons. The topological polar surface area (TPSA) is 105 Å². The molecule has 1 aliphatic rings. The van der Waals surface area contributed by atoms with Gasteiger partial charge in [-0.05, 0) is 111 Å². The summed E-state index contributed by atoms with van der Waals surface area (Å²) >= 11 is 0. The molecule has 1 aliphatic carbocycles. The van der Waals surface area contributed by atoms with Gasteiger partial charge in [-0.1, -0.05) is 155 Å². The number of rotatable bonds is 34. The van der Waals surface area contributed by atoms with E-state index in [0.717, 1.165) is 49.4 Å². The van der Waals surface area contributed by atoms with Crippen LogP contribution in [0.5, 0.6) is 11.5 Å². The fraction of sp³-hybridized carbons (Fsp3) is 0.704. The van der Waals surface area contributed by atoms with Gasteiger partial charge < -0.3 is 18.9 Å². The van der Waals surface area contributed by atoms with Crippen LogP contribution in [0.1, 0.15) is 228 Å². The van der Waals surface area contributed by atoms with Crippen molar-refractivity contribution in [1.82, 2.24) is 0 Å². The van der Waals surface area contributed by atoms with Crippen LogP contribution in [0.25, 0.3) is 0 Å². The first-order valence-electron chi connectivity index (χ1n) is 25.1. The normalized spacial score (nSPS) is 17.4. The van der Waals surface area contributed by atoms with E-state index >= 15 is 0 Å². The molecule has 62 heavy (non-hydrogen) atoms. The van der Waals surface area contributed by atoms with E-state index in [-0.39, 0.29) is 23.9 Å². The second-order valence-electron chi connectivity index (χ2n) is 18.2.